The zero-order valence-corrected chi connectivity index (χ0v) is 12.3. The fourth-order valence-corrected chi connectivity index (χ4v) is 1.44. The lowest BCUT2D eigenvalue weighted by atomic mass is 10.2. The van der Waals surface area contributed by atoms with E-state index in [1.807, 2.05) is 32.1 Å². The summed E-state index contributed by atoms with van der Waals surface area (Å²) in [4.78, 5) is 11.0. The predicted octanol–water partition coefficient (Wildman–Crippen LogP) is 3.23. The molecule has 0 unspecified atom stereocenters. The van der Waals surface area contributed by atoms with Crippen molar-refractivity contribution in [2.45, 2.75) is 13.8 Å². The van der Waals surface area contributed by atoms with Gasteiger partial charge in [-0.15, -0.1) is 0 Å². The van der Waals surface area contributed by atoms with Crippen molar-refractivity contribution in [3.8, 4) is 11.5 Å². The Kier molecular flexibility index (Phi) is 6.37. The van der Waals surface area contributed by atoms with E-state index in [2.05, 4.69) is 4.74 Å². The number of ether oxygens (including phenoxy) is 3. The Morgan fingerprint density at radius 1 is 1.20 bits per heavy atom. The molecular formula is C16H20O4. The molecular weight excluding hydrogens is 256 g/mol. The van der Waals surface area contributed by atoms with E-state index in [4.69, 9.17) is 9.47 Å². The quantitative estimate of drug-likeness (QED) is 0.454. The van der Waals surface area contributed by atoms with Crippen LogP contribution in [0.3, 0.4) is 0 Å². The molecule has 0 saturated heterocycles. The van der Waals surface area contributed by atoms with E-state index in [0.717, 1.165) is 5.56 Å². The van der Waals surface area contributed by atoms with Crippen molar-refractivity contribution in [1.29, 1.82) is 0 Å². The van der Waals surface area contributed by atoms with Gasteiger partial charge in [-0.25, -0.2) is 4.79 Å². The fourth-order valence-electron chi connectivity index (χ4n) is 1.44. The molecule has 0 aliphatic rings. The normalized spacial score (nSPS) is 10.2. The number of carbonyl (C=O) groups excluding carboxylic acids is 1. The van der Waals surface area contributed by atoms with Crippen LogP contribution in [0.2, 0.25) is 0 Å². The number of benzene rings is 1. The summed E-state index contributed by atoms with van der Waals surface area (Å²) >= 11 is 0. The third-order valence-corrected chi connectivity index (χ3v) is 2.53. The van der Waals surface area contributed by atoms with E-state index >= 15 is 0 Å². The molecule has 0 atom stereocenters. The van der Waals surface area contributed by atoms with Crippen LogP contribution in [0.15, 0.2) is 35.9 Å². The van der Waals surface area contributed by atoms with Gasteiger partial charge < -0.3 is 14.2 Å². The SMILES string of the molecule is COC(=O)/C=C/c1ccc(OCC=C(C)C)c(OC)c1. The molecule has 0 aliphatic heterocycles. The molecule has 0 bridgehead atoms. The van der Waals surface area contributed by atoms with Crippen LogP contribution in [0.25, 0.3) is 6.08 Å². The zero-order valence-electron chi connectivity index (χ0n) is 12.3. The van der Waals surface area contributed by atoms with Crippen LogP contribution in [-0.4, -0.2) is 26.8 Å². The van der Waals surface area contributed by atoms with E-state index in [-0.39, 0.29) is 0 Å². The summed E-state index contributed by atoms with van der Waals surface area (Å²) in [6.45, 7) is 4.53. The molecule has 4 heteroatoms. The minimum Gasteiger partial charge on any atom is -0.493 e. The van der Waals surface area contributed by atoms with Crippen LogP contribution in [0.4, 0.5) is 0 Å². The van der Waals surface area contributed by atoms with Crippen molar-refractivity contribution in [3.63, 3.8) is 0 Å². The van der Waals surface area contributed by atoms with Gasteiger partial charge in [-0.2, -0.15) is 0 Å². The fraction of sp³-hybridized carbons (Fsp3) is 0.312. The molecule has 4 nitrogen and oxygen atoms in total. The first kappa shape index (κ1) is 15.8. The third-order valence-electron chi connectivity index (χ3n) is 2.53. The van der Waals surface area contributed by atoms with Crippen molar-refractivity contribution < 1.29 is 19.0 Å². The van der Waals surface area contributed by atoms with Crippen LogP contribution in [-0.2, 0) is 9.53 Å². The lowest BCUT2D eigenvalue weighted by molar-refractivity contribution is -0.134. The Balaban J connectivity index is 2.82. The summed E-state index contributed by atoms with van der Waals surface area (Å²) in [6, 6.07) is 5.46. The average Bonchev–Trinajstić information content (AvgIpc) is 2.45. The second-order valence-electron chi connectivity index (χ2n) is 4.36. The smallest absolute Gasteiger partial charge is 0.330 e. The summed E-state index contributed by atoms with van der Waals surface area (Å²) in [5, 5.41) is 0. The largest absolute Gasteiger partial charge is 0.493 e. The second-order valence-corrected chi connectivity index (χ2v) is 4.36. The Morgan fingerprint density at radius 2 is 1.95 bits per heavy atom. The van der Waals surface area contributed by atoms with Crippen molar-refractivity contribution in [3.05, 3.63) is 41.5 Å². The lowest BCUT2D eigenvalue weighted by Gasteiger charge is -2.10. The summed E-state index contributed by atoms with van der Waals surface area (Å²) in [5.41, 5.74) is 2.03. The molecule has 108 valence electrons. The zero-order chi connectivity index (χ0) is 15.0. The van der Waals surface area contributed by atoms with Gasteiger partial charge in [0, 0.05) is 6.08 Å². The minimum absolute atomic E-state index is 0.396. The molecule has 0 N–H and O–H groups in total. The van der Waals surface area contributed by atoms with E-state index < -0.39 is 5.97 Å². The third kappa shape index (κ3) is 5.18. The van der Waals surface area contributed by atoms with Crippen LogP contribution >= 0.6 is 0 Å². The standard InChI is InChI=1S/C16H20O4/c1-12(2)9-10-20-14-7-5-13(11-15(14)18-3)6-8-16(17)19-4/h5-9,11H,10H2,1-4H3/b8-6+. The molecule has 1 aromatic rings. The van der Waals surface area contributed by atoms with E-state index in [1.54, 1.807) is 19.3 Å². The number of carbonyl (C=O) groups is 1. The van der Waals surface area contributed by atoms with E-state index in [1.165, 1.54) is 18.8 Å². The average molecular weight is 276 g/mol. The number of hydrogen-bond acceptors (Lipinski definition) is 4. The molecule has 0 radical (unpaired) electrons. The van der Waals surface area contributed by atoms with Crippen LogP contribution in [0.1, 0.15) is 19.4 Å². The van der Waals surface area contributed by atoms with Gasteiger partial charge in [0.15, 0.2) is 11.5 Å². The lowest BCUT2D eigenvalue weighted by Crippen LogP contribution is -1.97. The number of allylic oxidation sites excluding steroid dienone is 1. The molecule has 0 heterocycles. The Morgan fingerprint density at radius 3 is 2.55 bits per heavy atom. The molecule has 0 amide bonds. The first-order valence-corrected chi connectivity index (χ1v) is 6.27. The number of methoxy groups -OCH3 is 2. The minimum atomic E-state index is -0.396. The predicted molar refractivity (Wildman–Crippen MR) is 79.0 cm³/mol. The topological polar surface area (TPSA) is 44.8 Å². The van der Waals surface area contributed by atoms with Crippen molar-refractivity contribution in [1.82, 2.24) is 0 Å². The highest BCUT2D eigenvalue weighted by molar-refractivity contribution is 5.87. The van der Waals surface area contributed by atoms with Crippen LogP contribution in [0.5, 0.6) is 11.5 Å². The van der Waals surface area contributed by atoms with Gasteiger partial charge in [-0.3, -0.25) is 0 Å². The maximum absolute atomic E-state index is 11.0. The highest BCUT2D eigenvalue weighted by Gasteiger charge is 2.04. The Bertz CT molecular complexity index is 511. The van der Waals surface area contributed by atoms with Crippen molar-refractivity contribution in [2.75, 3.05) is 20.8 Å². The highest BCUT2D eigenvalue weighted by Crippen LogP contribution is 2.28. The highest BCUT2D eigenvalue weighted by atomic mass is 16.5. The maximum Gasteiger partial charge on any atom is 0.330 e. The number of esters is 1. The monoisotopic (exact) mass is 276 g/mol. The van der Waals surface area contributed by atoms with Crippen molar-refractivity contribution >= 4 is 12.0 Å². The first-order valence-electron chi connectivity index (χ1n) is 6.27. The van der Waals surface area contributed by atoms with Gasteiger partial charge in [0.2, 0.25) is 0 Å². The van der Waals surface area contributed by atoms with Gasteiger partial charge in [-0.1, -0.05) is 11.6 Å². The van der Waals surface area contributed by atoms with Gasteiger partial charge in [-0.05, 0) is 43.7 Å². The summed E-state index contributed by atoms with van der Waals surface area (Å²) in [7, 11) is 2.92. The summed E-state index contributed by atoms with van der Waals surface area (Å²) < 4.78 is 15.4. The second kappa shape index (κ2) is 8.04. The molecule has 1 aromatic carbocycles. The van der Waals surface area contributed by atoms with E-state index in [9.17, 15) is 4.79 Å². The number of hydrogen-bond donors (Lipinski definition) is 0. The summed E-state index contributed by atoms with van der Waals surface area (Å²) in [5.74, 6) is 0.896. The molecule has 0 saturated carbocycles. The van der Waals surface area contributed by atoms with Gasteiger partial charge >= 0.3 is 5.97 Å². The first-order chi connectivity index (χ1) is 9.56. The molecule has 0 aliphatic carbocycles. The molecule has 20 heavy (non-hydrogen) atoms. The molecule has 0 fully saturated rings. The van der Waals surface area contributed by atoms with Gasteiger partial charge in [0.1, 0.15) is 6.61 Å². The van der Waals surface area contributed by atoms with Crippen LogP contribution in [0, 0.1) is 0 Å². The Labute approximate surface area is 119 Å². The molecule has 0 aromatic heterocycles. The van der Waals surface area contributed by atoms with Gasteiger partial charge in [0.05, 0.1) is 14.2 Å². The molecule has 0 spiro atoms. The number of rotatable bonds is 6. The maximum atomic E-state index is 11.0. The Hall–Kier alpha value is -2.23. The van der Waals surface area contributed by atoms with Gasteiger partial charge in [0.25, 0.3) is 0 Å². The summed E-state index contributed by atoms with van der Waals surface area (Å²) in [6.07, 6.45) is 5.01. The van der Waals surface area contributed by atoms with Crippen LogP contribution < -0.4 is 9.47 Å². The van der Waals surface area contributed by atoms with E-state index in [0.29, 0.717) is 18.1 Å². The molecule has 1 rings (SSSR count). The van der Waals surface area contributed by atoms with Crippen molar-refractivity contribution in [2.24, 2.45) is 0 Å².